The van der Waals surface area contributed by atoms with Crippen LogP contribution in [0.25, 0.3) is 0 Å². The third-order valence-corrected chi connectivity index (χ3v) is 6.37. The van der Waals surface area contributed by atoms with Crippen LogP contribution in [0.5, 0.6) is 0 Å². The summed E-state index contributed by atoms with van der Waals surface area (Å²) in [5.41, 5.74) is 0.973. The van der Waals surface area contributed by atoms with Gasteiger partial charge in [0.1, 0.15) is 0 Å². The van der Waals surface area contributed by atoms with Crippen molar-refractivity contribution in [3.63, 3.8) is 0 Å². The molecule has 0 unspecified atom stereocenters. The first-order chi connectivity index (χ1) is 10.3. The van der Waals surface area contributed by atoms with E-state index in [1.165, 1.54) is 11.2 Å². The van der Waals surface area contributed by atoms with E-state index in [1.807, 2.05) is 24.3 Å². The summed E-state index contributed by atoms with van der Waals surface area (Å²) in [4.78, 5) is 15.1. The maximum atomic E-state index is 12.3. The highest BCUT2D eigenvalue weighted by Gasteiger charge is 2.32. The molecule has 1 heterocycles. The van der Waals surface area contributed by atoms with Crippen molar-refractivity contribution in [1.82, 2.24) is 4.90 Å². The lowest BCUT2D eigenvalue weighted by Crippen LogP contribution is -2.32. The van der Waals surface area contributed by atoms with Gasteiger partial charge in [-0.25, -0.2) is 8.42 Å². The lowest BCUT2D eigenvalue weighted by atomic mass is 10.1. The molecule has 2 rings (SSSR count). The molecule has 1 aromatic carbocycles. The highest BCUT2D eigenvalue weighted by atomic mass is 32.2. The predicted octanol–water partition coefficient (Wildman–Crippen LogP) is 2.38. The Morgan fingerprint density at radius 1 is 1.32 bits per heavy atom. The predicted molar refractivity (Wildman–Crippen MR) is 91.0 cm³/mol. The normalized spacial score (nSPS) is 18.9. The van der Waals surface area contributed by atoms with Gasteiger partial charge in [0.2, 0.25) is 5.91 Å². The number of sulfone groups is 1. The van der Waals surface area contributed by atoms with Crippen LogP contribution >= 0.6 is 11.8 Å². The second kappa shape index (κ2) is 7.04. The Morgan fingerprint density at radius 2 is 1.95 bits per heavy atom. The fourth-order valence-electron chi connectivity index (χ4n) is 2.55. The molecule has 0 saturated carbocycles. The molecule has 0 N–H and O–H groups in total. The lowest BCUT2D eigenvalue weighted by molar-refractivity contribution is -0.129. The number of hydrogen-bond donors (Lipinski definition) is 0. The van der Waals surface area contributed by atoms with Crippen LogP contribution in [0.1, 0.15) is 25.8 Å². The minimum Gasteiger partial charge on any atom is -0.341 e. The molecule has 6 heteroatoms. The molecule has 1 saturated heterocycles. The summed E-state index contributed by atoms with van der Waals surface area (Å²) in [6, 6.07) is 8.03. The Balaban J connectivity index is 1.92. The van der Waals surface area contributed by atoms with Gasteiger partial charge in [-0.2, -0.15) is 0 Å². The molecule has 0 spiro atoms. The number of likely N-dealkylation sites (tertiary alicyclic amines) is 1. The van der Waals surface area contributed by atoms with E-state index >= 15 is 0 Å². The van der Waals surface area contributed by atoms with Crippen molar-refractivity contribution >= 4 is 27.5 Å². The van der Waals surface area contributed by atoms with Crippen LogP contribution in [0.4, 0.5) is 0 Å². The molecule has 122 valence electrons. The molecule has 1 aliphatic rings. The van der Waals surface area contributed by atoms with Crippen molar-refractivity contribution in [2.45, 2.75) is 42.1 Å². The Kier molecular flexibility index (Phi) is 5.55. The number of carbonyl (C=O) groups excluding carboxylic acids is 1. The van der Waals surface area contributed by atoms with E-state index in [9.17, 15) is 13.2 Å². The Labute approximate surface area is 137 Å². The van der Waals surface area contributed by atoms with E-state index in [-0.39, 0.29) is 5.91 Å². The average molecular weight is 341 g/mol. The summed E-state index contributed by atoms with van der Waals surface area (Å²) in [6.45, 7) is 5.16. The van der Waals surface area contributed by atoms with E-state index in [4.69, 9.17) is 0 Å². The highest BCUT2D eigenvalue weighted by Crippen LogP contribution is 2.23. The van der Waals surface area contributed by atoms with E-state index < -0.39 is 15.1 Å². The van der Waals surface area contributed by atoms with Gasteiger partial charge >= 0.3 is 0 Å². The smallest absolute Gasteiger partial charge is 0.227 e. The first-order valence-corrected chi connectivity index (χ1v) is 10.3. The zero-order valence-electron chi connectivity index (χ0n) is 13.3. The minimum atomic E-state index is -3.06. The molecule has 1 fully saturated rings. The zero-order valence-corrected chi connectivity index (χ0v) is 14.9. The number of benzene rings is 1. The van der Waals surface area contributed by atoms with Crippen LogP contribution in [0, 0.1) is 0 Å². The van der Waals surface area contributed by atoms with Gasteiger partial charge in [0, 0.05) is 29.5 Å². The number of thioether (sulfide) groups is 1. The molecule has 22 heavy (non-hydrogen) atoms. The van der Waals surface area contributed by atoms with Crippen LogP contribution in [0.3, 0.4) is 0 Å². The van der Waals surface area contributed by atoms with Gasteiger partial charge in [0.15, 0.2) is 9.84 Å². The Morgan fingerprint density at radius 3 is 2.45 bits per heavy atom. The molecule has 0 bridgehead atoms. The zero-order chi connectivity index (χ0) is 16.3. The fraction of sp³-hybridized carbons (Fsp3) is 0.562. The SMILES string of the molecule is CC(C)Sc1ccc(CC(=O)N2CC[C@@H](S(C)(=O)=O)C2)cc1. The summed E-state index contributed by atoms with van der Waals surface area (Å²) in [5, 5.41) is 0.131. The summed E-state index contributed by atoms with van der Waals surface area (Å²) < 4.78 is 23.1. The Bertz CT molecular complexity index is 623. The van der Waals surface area contributed by atoms with Crippen LogP contribution in [-0.4, -0.2) is 49.1 Å². The first-order valence-electron chi connectivity index (χ1n) is 7.48. The van der Waals surface area contributed by atoms with Crippen LogP contribution in [0.2, 0.25) is 0 Å². The lowest BCUT2D eigenvalue weighted by Gasteiger charge is -2.16. The van der Waals surface area contributed by atoms with Crippen molar-refractivity contribution in [1.29, 1.82) is 0 Å². The van der Waals surface area contributed by atoms with Gasteiger partial charge in [-0.15, -0.1) is 11.8 Å². The molecule has 1 amide bonds. The van der Waals surface area contributed by atoms with Crippen molar-refractivity contribution < 1.29 is 13.2 Å². The molecular weight excluding hydrogens is 318 g/mol. The number of amides is 1. The van der Waals surface area contributed by atoms with Crippen molar-refractivity contribution in [3.05, 3.63) is 29.8 Å². The summed E-state index contributed by atoms with van der Waals surface area (Å²) in [7, 11) is -3.06. The summed E-state index contributed by atoms with van der Waals surface area (Å²) in [5.74, 6) is 0.00964. The third kappa shape index (κ3) is 4.74. The van der Waals surface area contributed by atoms with Gasteiger partial charge in [-0.05, 0) is 24.1 Å². The van der Waals surface area contributed by atoms with Gasteiger partial charge in [-0.3, -0.25) is 4.79 Å². The average Bonchev–Trinajstić information content (AvgIpc) is 2.90. The van der Waals surface area contributed by atoms with Crippen molar-refractivity contribution in [2.24, 2.45) is 0 Å². The van der Waals surface area contributed by atoms with Gasteiger partial charge in [-0.1, -0.05) is 26.0 Å². The molecular formula is C16H23NO3S2. The molecule has 1 aromatic rings. The topological polar surface area (TPSA) is 54.5 Å². The second-order valence-electron chi connectivity index (χ2n) is 6.07. The fourth-order valence-corrected chi connectivity index (χ4v) is 4.37. The maximum Gasteiger partial charge on any atom is 0.227 e. The number of rotatable bonds is 5. The van der Waals surface area contributed by atoms with Crippen LogP contribution < -0.4 is 0 Å². The molecule has 0 aromatic heterocycles. The second-order valence-corrected chi connectivity index (χ2v) is 10.0. The van der Waals surface area contributed by atoms with E-state index in [2.05, 4.69) is 13.8 Å². The monoisotopic (exact) mass is 341 g/mol. The number of hydrogen-bond acceptors (Lipinski definition) is 4. The van der Waals surface area contributed by atoms with Crippen LogP contribution in [-0.2, 0) is 21.1 Å². The number of carbonyl (C=O) groups is 1. The summed E-state index contributed by atoms with van der Waals surface area (Å²) in [6.07, 6.45) is 2.13. The highest BCUT2D eigenvalue weighted by molar-refractivity contribution is 7.99. The Hall–Kier alpha value is -1.01. The summed E-state index contributed by atoms with van der Waals surface area (Å²) >= 11 is 1.79. The minimum absolute atomic E-state index is 0.00964. The van der Waals surface area contributed by atoms with Gasteiger partial charge in [0.05, 0.1) is 11.7 Å². The number of nitrogens with zero attached hydrogens (tertiary/aromatic N) is 1. The molecule has 0 radical (unpaired) electrons. The van der Waals surface area contributed by atoms with Crippen molar-refractivity contribution in [2.75, 3.05) is 19.3 Å². The molecule has 4 nitrogen and oxygen atoms in total. The van der Waals surface area contributed by atoms with Gasteiger partial charge < -0.3 is 4.90 Å². The van der Waals surface area contributed by atoms with E-state index in [0.29, 0.717) is 31.2 Å². The molecule has 0 aliphatic carbocycles. The van der Waals surface area contributed by atoms with Crippen LogP contribution in [0.15, 0.2) is 29.2 Å². The first kappa shape index (κ1) is 17.3. The van der Waals surface area contributed by atoms with E-state index in [1.54, 1.807) is 16.7 Å². The quantitative estimate of drug-likeness (QED) is 0.772. The third-order valence-electron chi connectivity index (χ3n) is 3.75. The van der Waals surface area contributed by atoms with E-state index in [0.717, 1.165) is 5.56 Å². The molecule has 1 atom stereocenters. The largest absolute Gasteiger partial charge is 0.341 e. The van der Waals surface area contributed by atoms with Gasteiger partial charge in [0.25, 0.3) is 0 Å². The standard InChI is InChI=1S/C16H23NO3S2/c1-12(2)21-14-6-4-13(5-7-14)10-16(18)17-9-8-15(11-17)22(3,19)20/h4-7,12,15H,8-11H2,1-3H3/t15-/m1/s1. The van der Waals surface area contributed by atoms with Crippen molar-refractivity contribution in [3.8, 4) is 0 Å². The molecule has 1 aliphatic heterocycles. The maximum absolute atomic E-state index is 12.3.